The highest BCUT2D eigenvalue weighted by atomic mass is 16.2. The lowest BCUT2D eigenvalue weighted by atomic mass is 10.0. The van der Waals surface area contributed by atoms with Crippen molar-refractivity contribution in [2.45, 2.75) is 89.3 Å². The van der Waals surface area contributed by atoms with E-state index < -0.39 is 18.0 Å². The normalized spacial score (nSPS) is 21.6. The average molecular weight is 547 g/mol. The van der Waals surface area contributed by atoms with Gasteiger partial charge in [0.1, 0.15) is 12.1 Å². The number of hydrogen-bond donors (Lipinski definition) is 3. The molecule has 214 valence electrons. The van der Waals surface area contributed by atoms with Crippen molar-refractivity contribution in [3.8, 4) is 0 Å². The van der Waals surface area contributed by atoms with Crippen LogP contribution in [-0.2, 0) is 25.7 Å². The minimum Gasteiger partial charge on any atom is -0.350 e. The minimum absolute atomic E-state index is 0.109. The fourth-order valence-electron chi connectivity index (χ4n) is 5.44. The lowest BCUT2D eigenvalue weighted by molar-refractivity contribution is -0.136. The molecule has 0 radical (unpaired) electrons. The summed E-state index contributed by atoms with van der Waals surface area (Å²) in [6, 6.07) is 12.3. The number of carbonyl (C=O) groups excluding carboxylic acids is 4. The van der Waals surface area contributed by atoms with Crippen molar-refractivity contribution in [1.29, 1.82) is 0 Å². The quantitative estimate of drug-likeness (QED) is 0.490. The Morgan fingerprint density at radius 1 is 0.850 bits per heavy atom. The van der Waals surface area contributed by atoms with E-state index in [4.69, 9.17) is 0 Å². The maximum absolute atomic E-state index is 13.5. The van der Waals surface area contributed by atoms with Crippen molar-refractivity contribution in [1.82, 2.24) is 20.9 Å². The van der Waals surface area contributed by atoms with Crippen LogP contribution in [-0.4, -0.2) is 53.7 Å². The minimum atomic E-state index is -1.02. The van der Waals surface area contributed by atoms with Crippen LogP contribution >= 0.6 is 0 Å². The topological polar surface area (TPSA) is 108 Å². The van der Waals surface area contributed by atoms with Gasteiger partial charge in [-0.2, -0.15) is 0 Å². The Morgan fingerprint density at radius 2 is 1.60 bits per heavy atom. The van der Waals surface area contributed by atoms with E-state index in [1.54, 1.807) is 4.90 Å². The smallest absolute Gasteiger partial charge is 0.243 e. The maximum atomic E-state index is 13.5. The van der Waals surface area contributed by atoms with Gasteiger partial charge in [0.15, 0.2) is 0 Å². The summed E-state index contributed by atoms with van der Waals surface area (Å²) < 4.78 is 0. The van der Waals surface area contributed by atoms with Crippen molar-refractivity contribution >= 4 is 34.4 Å². The molecule has 2 aliphatic heterocycles. The second kappa shape index (κ2) is 15.2. The van der Waals surface area contributed by atoms with E-state index in [1.807, 2.05) is 42.5 Å². The van der Waals surface area contributed by atoms with Crippen molar-refractivity contribution < 1.29 is 19.2 Å². The highest BCUT2D eigenvalue weighted by molar-refractivity contribution is 5.95. The molecular formula is C32H42N4O4. The van der Waals surface area contributed by atoms with Gasteiger partial charge in [-0.25, -0.2) is 0 Å². The van der Waals surface area contributed by atoms with Crippen molar-refractivity contribution in [3.63, 3.8) is 0 Å². The third kappa shape index (κ3) is 8.66. The molecule has 2 atom stereocenters. The summed E-state index contributed by atoms with van der Waals surface area (Å²) in [5, 5.41) is 10.9. The van der Waals surface area contributed by atoms with Crippen LogP contribution in [0.4, 0.5) is 0 Å². The molecule has 2 aliphatic rings. The molecule has 4 amide bonds. The third-order valence-electron chi connectivity index (χ3n) is 7.76. The van der Waals surface area contributed by atoms with Gasteiger partial charge in [-0.3, -0.25) is 19.2 Å². The Bertz CT molecular complexity index is 1200. The number of allylic oxidation sites excluding steroid dienone is 2. The van der Waals surface area contributed by atoms with Gasteiger partial charge in [0.05, 0.1) is 6.42 Å². The summed E-state index contributed by atoms with van der Waals surface area (Å²) in [7, 11) is 0. The van der Waals surface area contributed by atoms with Gasteiger partial charge in [0.25, 0.3) is 0 Å². The molecular weight excluding hydrogens is 504 g/mol. The molecule has 0 bridgehead atoms. The van der Waals surface area contributed by atoms with Gasteiger partial charge < -0.3 is 20.9 Å². The summed E-state index contributed by atoms with van der Waals surface area (Å²) in [5.41, 5.74) is 0.999. The van der Waals surface area contributed by atoms with E-state index in [1.165, 1.54) is 0 Å². The van der Waals surface area contributed by atoms with Crippen LogP contribution in [0.2, 0.25) is 0 Å². The molecule has 2 aromatic carbocycles. The fourth-order valence-corrected chi connectivity index (χ4v) is 5.44. The molecule has 8 nitrogen and oxygen atoms in total. The van der Waals surface area contributed by atoms with Crippen LogP contribution in [0.25, 0.3) is 10.8 Å². The number of fused-ring (bicyclic) bond motifs is 1. The number of likely N-dealkylation sites (tertiary alicyclic amines) is 1. The van der Waals surface area contributed by atoms with E-state index in [0.29, 0.717) is 32.5 Å². The first-order valence-electron chi connectivity index (χ1n) is 14.8. The molecule has 2 heterocycles. The van der Waals surface area contributed by atoms with Crippen LogP contribution in [0, 0.1) is 0 Å². The molecule has 0 spiro atoms. The van der Waals surface area contributed by atoms with Gasteiger partial charge in [-0.15, -0.1) is 0 Å². The Kier molecular flexibility index (Phi) is 11.1. The predicted octanol–water partition coefficient (Wildman–Crippen LogP) is 4.13. The number of rotatable bonds is 5. The molecule has 2 aromatic rings. The number of benzene rings is 2. The van der Waals surface area contributed by atoms with Gasteiger partial charge >= 0.3 is 0 Å². The molecule has 40 heavy (non-hydrogen) atoms. The summed E-state index contributed by atoms with van der Waals surface area (Å²) in [6.07, 6.45) is 12.0. The third-order valence-corrected chi connectivity index (χ3v) is 7.76. The lowest BCUT2D eigenvalue weighted by Crippen LogP contribution is -2.54. The molecule has 0 saturated carbocycles. The zero-order valence-corrected chi connectivity index (χ0v) is 23.3. The molecule has 0 unspecified atom stereocenters. The maximum Gasteiger partial charge on any atom is 0.243 e. The summed E-state index contributed by atoms with van der Waals surface area (Å²) in [6.45, 7) is 1.68. The second-order valence-corrected chi connectivity index (χ2v) is 10.8. The molecule has 4 rings (SSSR count). The van der Waals surface area contributed by atoms with Crippen LogP contribution in [0.3, 0.4) is 0 Å². The first-order valence-corrected chi connectivity index (χ1v) is 14.8. The zero-order valence-electron chi connectivity index (χ0n) is 23.3. The van der Waals surface area contributed by atoms with Gasteiger partial charge in [0, 0.05) is 26.1 Å². The molecule has 3 N–H and O–H groups in total. The highest BCUT2D eigenvalue weighted by Gasteiger charge is 2.30. The first-order chi connectivity index (χ1) is 19.5. The Morgan fingerprint density at radius 3 is 2.42 bits per heavy atom. The number of nitrogens with one attached hydrogen (secondary N) is 3. The monoisotopic (exact) mass is 546 g/mol. The number of amides is 4. The number of carbonyl (C=O) groups is 4. The molecule has 1 fully saturated rings. The molecule has 1 saturated heterocycles. The second-order valence-electron chi connectivity index (χ2n) is 10.8. The highest BCUT2D eigenvalue weighted by Crippen LogP contribution is 2.18. The fraction of sp³-hybridized carbons (Fsp3) is 0.500. The van der Waals surface area contributed by atoms with Gasteiger partial charge in [-0.1, -0.05) is 67.5 Å². The summed E-state index contributed by atoms with van der Waals surface area (Å²) >= 11 is 0. The Balaban J connectivity index is 1.47. The van der Waals surface area contributed by atoms with Crippen molar-refractivity contribution in [2.75, 3.05) is 13.1 Å². The lowest BCUT2D eigenvalue weighted by Gasteiger charge is -2.25. The zero-order chi connectivity index (χ0) is 28.2. The van der Waals surface area contributed by atoms with Crippen LogP contribution in [0.15, 0.2) is 54.6 Å². The molecule has 0 aromatic heterocycles. The summed E-state index contributed by atoms with van der Waals surface area (Å²) in [4.78, 5) is 54.2. The number of hydrogen-bond acceptors (Lipinski definition) is 4. The Labute approximate surface area is 236 Å². The number of nitrogens with zero attached hydrogens (tertiary/aromatic N) is 1. The van der Waals surface area contributed by atoms with Gasteiger partial charge in [-0.05, 0) is 61.3 Å². The standard InChI is InChI=1S/C32H42N4O4/c37-29-19-8-6-4-2-1-3-5-7-18-27(35-32(40)28(34-29)22-30(38)36-20-11-12-21-36)31(39)33-23-25-16-13-15-24-14-9-10-17-26(24)25/h2,4,9-10,13-17,27-28H,1,3,5-8,11-12,18-23H2,(H,33,39)(H,34,37)(H,35,40)/t27-,28-/m0/s1. The van der Waals surface area contributed by atoms with Gasteiger partial charge in [0.2, 0.25) is 23.6 Å². The van der Waals surface area contributed by atoms with E-state index in [2.05, 4.69) is 28.1 Å². The van der Waals surface area contributed by atoms with E-state index in [-0.39, 0.29) is 30.6 Å². The van der Waals surface area contributed by atoms with Crippen LogP contribution in [0.1, 0.15) is 76.2 Å². The van der Waals surface area contributed by atoms with Crippen molar-refractivity contribution in [3.05, 3.63) is 60.2 Å². The van der Waals surface area contributed by atoms with E-state index >= 15 is 0 Å². The van der Waals surface area contributed by atoms with Crippen LogP contribution < -0.4 is 16.0 Å². The van der Waals surface area contributed by atoms with Crippen molar-refractivity contribution in [2.24, 2.45) is 0 Å². The largest absolute Gasteiger partial charge is 0.350 e. The van der Waals surface area contributed by atoms with Crippen LogP contribution in [0.5, 0.6) is 0 Å². The summed E-state index contributed by atoms with van der Waals surface area (Å²) in [5.74, 6) is -1.16. The first kappa shape index (κ1) is 29.3. The predicted molar refractivity (Wildman–Crippen MR) is 156 cm³/mol. The Hall–Kier alpha value is -3.68. The average Bonchev–Trinajstić information content (AvgIpc) is 3.50. The molecule has 8 heteroatoms. The van der Waals surface area contributed by atoms with E-state index in [0.717, 1.165) is 61.3 Å². The molecule has 0 aliphatic carbocycles. The van der Waals surface area contributed by atoms with E-state index in [9.17, 15) is 19.2 Å². The SMILES string of the molecule is O=C1CCCC=CCCCCC[C@@H](C(=O)NCc2cccc3ccccc23)NC(=O)[C@H](CC(=O)N2CCCC2)N1.